The van der Waals surface area contributed by atoms with E-state index < -0.39 is 5.97 Å². The van der Waals surface area contributed by atoms with Gasteiger partial charge in [-0.25, -0.2) is 14.8 Å². The van der Waals surface area contributed by atoms with Crippen LogP contribution in [0.2, 0.25) is 0 Å². The molecule has 0 spiro atoms. The van der Waals surface area contributed by atoms with Crippen LogP contribution in [0, 0.1) is 0 Å². The monoisotopic (exact) mass is 195 g/mol. The number of carboxylic acids is 1. The summed E-state index contributed by atoms with van der Waals surface area (Å²) >= 11 is 0. The number of rotatable bonds is 3. The van der Waals surface area contributed by atoms with Crippen molar-refractivity contribution in [3.63, 3.8) is 0 Å². The number of carbonyl (C=O) groups excluding carboxylic acids is 1. The molecule has 0 unspecified atom stereocenters. The highest BCUT2D eigenvalue weighted by Crippen LogP contribution is 2.07. The van der Waals surface area contributed by atoms with Crippen molar-refractivity contribution in [1.29, 1.82) is 0 Å². The highest BCUT2D eigenvalue weighted by atomic mass is 16.4. The van der Waals surface area contributed by atoms with Crippen LogP contribution in [0.25, 0.3) is 0 Å². The Morgan fingerprint density at radius 2 is 2.07 bits per heavy atom. The molecule has 0 aliphatic heterocycles. The Morgan fingerprint density at radius 1 is 1.43 bits per heavy atom. The molecule has 0 radical (unpaired) electrons. The smallest absolute Gasteiger partial charge is 0.358 e. The van der Waals surface area contributed by atoms with E-state index in [2.05, 4.69) is 15.3 Å². The minimum absolute atomic E-state index is 0.0214. The lowest BCUT2D eigenvalue weighted by atomic mass is 10.4. The lowest BCUT2D eigenvalue weighted by Crippen LogP contribution is -2.15. The molecule has 0 aromatic carbocycles. The number of anilines is 1. The summed E-state index contributed by atoms with van der Waals surface area (Å²) in [5.41, 5.74) is -0.255. The van der Waals surface area contributed by atoms with E-state index in [9.17, 15) is 9.59 Å². The van der Waals surface area contributed by atoms with Crippen molar-refractivity contribution < 1.29 is 14.7 Å². The third-order valence-electron chi connectivity index (χ3n) is 1.48. The first kappa shape index (κ1) is 10.1. The van der Waals surface area contributed by atoms with Gasteiger partial charge in [-0.05, 0) is 0 Å². The molecule has 0 saturated heterocycles. The summed E-state index contributed by atoms with van der Waals surface area (Å²) in [5.74, 6) is -1.54. The molecule has 0 saturated carbocycles. The Balaban J connectivity index is 2.95. The number of carboxylic acid groups (broad SMARTS) is 1. The first-order valence-corrected chi connectivity index (χ1v) is 3.99. The zero-order chi connectivity index (χ0) is 10.6. The molecule has 1 rings (SSSR count). The first-order valence-electron chi connectivity index (χ1n) is 3.99. The van der Waals surface area contributed by atoms with Gasteiger partial charge in [-0.15, -0.1) is 0 Å². The second-order valence-electron chi connectivity index (χ2n) is 2.46. The number of aromatic carboxylic acids is 1. The van der Waals surface area contributed by atoms with Crippen molar-refractivity contribution >= 4 is 17.7 Å². The van der Waals surface area contributed by atoms with E-state index in [0.717, 1.165) is 0 Å². The van der Waals surface area contributed by atoms with Gasteiger partial charge < -0.3 is 10.4 Å². The molecule has 14 heavy (non-hydrogen) atoms. The van der Waals surface area contributed by atoms with Gasteiger partial charge in [-0.2, -0.15) is 0 Å². The van der Waals surface area contributed by atoms with Crippen LogP contribution in [-0.4, -0.2) is 27.0 Å². The maximum absolute atomic E-state index is 11.0. The van der Waals surface area contributed by atoms with Gasteiger partial charge >= 0.3 is 5.97 Å². The van der Waals surface area contributed by atoms with Crippen LogP contribution in [0.4, 0.5) is 5.82 Å². The highest BCUT2D eigenvalue weighted by Gasteiger charge is 2.13. The minimum atomic E-state index is -1.22. The Kier molecular flexibility index (Phi) is 3.11. The molecule has 0 aliphatic carbocycles. The largest absolute Gasteiger partial charge is 0.476 e. The Morgan fingerprint density at radius 3 is 2.64 bits per heavy atom. The molecule has 1 heterocycles. The van der Waals surface area contributed by atoms with Gasteiger partial charge in [-0.3, -0.25) is 4.79 Å². The van der Waals surface area contributed by atoms with E-state index in [4.69, 9.17) is 5.11 Å². The van der Waals surface area contributed by atoms with Gasteiger partial charge in [0.1, 0.15) is 0 Å². The highest BCUT2D eigenvalue weighted by molar-refractivity contribution is 5.97. The summed E-state index contributed by atoms with van der Waals surface area (Å²) in [4.78, 5) is 28.9. The average molecular weight is 195 g/mol. The standard InChI is InChI=1S/C8H9N3O3/c1-2-5(12)11-7-6(8(13)14)9-3-4-10-7/h3-4H,2H2,1H3,(H,13,14)(H,10,11,12). The Labute approximate surface area is 80.0 Å². The number of nitrogens with zero attached hydrogens (tertiary/aromatic N) is 2. The van der Waals surface area contributed by atoms with E-state index in [0.29, 0.717) is 0 Å². The van der Waals surface area contributed by atoms with Crippen molar-refractivity contribution in [2.75, 3.05) is 5.32 Å². The molecule has 74 valence electrons. The summed E-state index contributed by atoms with van der Waals surface area (Å²) in [6.07, 6.45) is 2.83. The molecular weight excluding hydrogens is 186 g/mol. The zero-order valence-corrected chi connectivity index (χ0v) is 7.52. The fourth-order valence-electron chi connectivity index (χ4n) is 0.806. The minimum Gasteiger partial charge on any atom is -0.476 e. The second kappa shape index (κ2) is 4.31. The van der Waals surface area contributed by atoms with Crippen LogP contribution < -0.4 is 5.32 Å². The maximum atomic E-state index is 11.0. The quantitative estimate of drug-likeness (QED) is 0.733. The number of amides is 1. The third-order valence-corrected chi connectivity index (χ3v) is 1.48. The lowest BCUT2D eigenvalue weighted by Gasteiger charge is -2.03. The third kappa shape index (κ3) is 2.25. The fraction of sp³-hybridized carbons (Fsp3) is 0.250. The molecule has 0 fully saturated rings. The molecule has 1 aromatic heterocycles. The van der Waals surface area contributed by atoms with Gasteiger partial charge in [0.15, 0.2) is 11.5 Å². The van der Waals surface area contributed by atoms with Gasteiger partial charge in [0.25, 0.3) is 0 Å². The molecule has 1 aromatic rings. The van der Waals surface area contributed by atoms with Crippen molar-refractivity contribution in [1.82, 2.24) is 9.97 Å². The second-order valence-corrected chi connectivity index (χ2v) is 2.46. The van der Waals surface area contributed by atoms with Crippen molar-refractivity contribution in [3.05, 3.63) is 18.1 Å². The fourth-order valence-corrected chi connectivity index (χ4v) is 0.806. The SMILES string of the molecule is CCC(=O)Nc1nccnc1C(=O)O. The number of hydrogen-bond donors (Lipinski definition) is 2. The van der Waals surface area contributed by atoms with Gasteiger partial charge in [-0.1, -0.05) is 6.92 Å². The molecular formula is C8H9N3O3. The summed E-state index contributed by atoms with van der Waals surface area (Å²) in [6.45, 7) is 1.66. The summed E-state index contributed by atoms with van der Waals surface area (Å²) in [6, 6.07) is 0. The summed E-state index contributed by atoms with van der Waals surface area (Å²) in [7, 11) is 0. The van der Waals surface area contributed by atoms with E-state index in [1.807, 2.05) is 0 Å². The lowest BCUT2D eigenvalue weighted by molar-refractivity contribution is -0.115. The maximum Gasteiger partial charge on any atom is 0.358 e. The zero-order valence-electron chi connectivity index (χ0n) is 7.52. The van der Waals surface area contributed by atoms with Crippen LogP contribution >= 0.6 is 0 Å². The van der Waals surface area contributed by atoms with E-state index >= 15 is 0 Å². The number of nitrogens with one attached hydrogen (secondary N) is 1. The predicted octanol–water partition coefficient (Wildman–Crippen LogP) is 0.523. The molecule has 1 amide bonds. The van der Waals surface area contributed by atoms with Crippen molar-refractivity contribution in [2.45, 2.75) is 13.3 Å². The molecule has 0 atom stereocenters. The Hall–Kier alpha value is -1.98. The molecule has 0 aliphatic rings. The molecule has 2 N–H and O–H groups in total. The van der Waals surface area contributed by atoms with Gasteiger partial charge in [0, 0.05) is 18.8 Å². The van der Waals surface area contributed by atoms with Crippen molar-refractivity contribution in [3.8, 4) is 0 Å². The first-order chi connectivity index (χ1) is 6.65. The van der Waals surface area contributed by atoms with Crippen molar-refractivity contribution in [2.24, 2.45) is 0 Å². The average Bonchev–Trinajstić information content (AvgIpc) is 2.18. The van der Waals surface area contributed by atoms with E-state index in [-0.39, 0.29) is 23.8 Å². The normalized spacial score (nSPS) is 9.50. The van der Waals surface area contributed by atoms with Gasteiger partial charge in [0.05, 0.1) is 0 Å². The number of hydrogen-bond acceptors (Lipinski definition) is 4. The van der Waals surface area contributed by atoms with Crippen LogP contribution in [0.5, 0.6) is 0 Å². The number of aromatic nitrogens is 2. The molecule has 0 bridgehead atoms. The summed E-state index contributed by atoms with van der Waals surface area (Å²) in [5, 5.41) is 11.0. The molecule has 6 heteroatoms. The molecule has 6 nitrogen and oxygen atoms in total. The van der Waals surface area contributed by atoms with Crippen LogP contribution in [-0.2, 0) is 4.79 Å². The van der Waals surface area contributed by atoms with Crippen LogP contribution in [0.1, 0.15) is 23.8 Å². The van der Waals surface area contributed by atoms with E-state index in [1.165, 1.54) is 12.4 Å². The Bertz CT molecular complexity index is 365. The van der Waals surface area contributed by atoms with E-state index in [1.54, 1.807) is 6.92 Å². The topological polar surface area (TPSA) is 92.2 Å². The number of carbonyl (C=O) groups is 2. The van der Waals surface area contributed by atoms with Crippen LogP contribution in [0.15, 0.2) is 12.4 Å². The van der Waals surface area contributed by atoms with Crippen LogP contribution in [0.3, 0.4) is 0 Å². The summed E-state index contributed by atoms with van der Waals surface area (Å²) < 4.78 is 0. The predicted molar refractivity (Wildman–Crippen MR) is 47.9 cm³/mol. The van der Waals surface area contributed by atoms with Gasteiger partial charge in [0.2, 0.25) is 5.91 Å².